The van der Waals surface area contributed by atoms with Crippen LogP contribution in [-0.2, 0) is 4.79 Å². The van der Waals surface area contributed by atoms with Gasteiger partial charge >= 0.3 is 0 Å². The molecule has 1 nitrogen and oxygen atoms in total. The highest BCUT2D eigenvalue weighted by Gasteiger charge is 2.32. The van der Waals surface area contributed by atoms with Gasteiger partial charge in [-0.3, -0.25) is 4.79 Å². The Labute approximate surface area is 285 Å². The van der Waals surface area contributed by atoms with Crippen LogP contribution in [0.5, 0.6) is 0 Å². The second kappa shape index (κ2) is 21.6. The largest absolute Gasteiger partial charge is 0.300 e. The van der Waals surface area contributed by atoms with Crippen molar-refractivity contribution >= 4 is 5.78 Å². The van der Waals surface area contributed by atoms with Gasteiger partial charge in [0, 0.05) is 12.8 Å². The molecule has 0 aromatic carbocycles. The molecule has 4 aliphatic rings. The van der Waals surface area contributed by atoms with Gasteiger partial charge in [0.05, 0.1) is 0 Å². The predicted molar refractivity (Wildman–Crippen MR) is 193 cm³/mol. The third kappa shape index (κ3) is 13.8. The van der Waals surface area contributed by atoms with Gasteiger partial charge in [0.15, 0.2) is 0 Å². The average Bonchev–Trinajstić information content (AvgIpc) is 3.07. The highest BCUT2D eigenvalue weighted by molar-refractivity contribution is 5.78. The summed E-state index contributed by atoms with van der Waals surface area (Å²) >= 11 is 0. The Kier molecular flexibility index (Phi) is 18.0. The van der Waals surface area contributed by atoms with Crippen molar-refractivity contribution < 1.29 is 13.6 Å². The molecule has 0 bridgehead atoms. The summed E-state index contributed by atoms with van der Waals surface area (Å²) < 4.78 is 30.3. The maximum atomic E-state index is 15.2. The Balaban J connectivity index is 0.946. The van der Waals surface area contributed by atoms with Crippen molar-refractivity contribution in [2.24, 2.45) is 47.3 Å². The van der Waals surface area contributed by atoms with Crippen molar-refractivity contribution in [3.8, 4) is 0 Å². The van der Waals surface area contributed by atoms with E-state index in [1.54, 1.807) is 0 Å². The lowest BCUT2D eigenvalue weighted by Crippen LogP contribution is -2.26. The van der Waals surface area contributed by atoms with E-state index in [1.165, 1.54) is 128 Å². The van der Waals surface area contributed by atoms with Gasteiger partial charge in [-0.25, -0.2) is 8.78 Å². The molecule has 2 unspecified atom stereocenters. The molecule has 4 aliphatic carbocycles. The molecule has 0 heterocycles. The molecule has 0 amide bonds. The molecule has 0 N–H and O–H groups in total. The van der Waals surface area contributed by atoms with E-state index in [0.717, 1.165) is 87.9 Å². The maximum absolute atomic E-state index is 15.2. The zero-order valence-electron chi connectivity index (χ0n) is 30.7. The van der Waals surface area contributed by atoms with Crippen LogP contribution in [0.25, 0.3) is 0 Å². The third-order valence-corrected chi connectivity index (χ3v) is 13.9. The Bertz CT molecular complexity index is 717. The molecular weight excluding hydrogens is 570 g/mol. The first-order valence-corrected chi connectivity index (χ1v) is 21.2. The molecule has 268 valence electrons. The molecular formula is C43H76F2O. The molecule has 4 saturated carbocycles. The SMILES string of the molecule is CCCC1CCC(CC(F)C2CCC(CCCCC(=O)CCCCC3CCC(C(F)CC4CCC(CCC)CC4)CC3)CC2)CC1. The fraction of sp³-hybridized carbons (Fsp3) is 0.977. The zero-order chi connectivity index (χ0) is 32.6. The topological polar surface area (TPSA) is 17.1 Å². The first-order chi connectivity index (χ1) is 22.4. The fourth-order valence-electron chi connectivity index (χ4n) is 10.7. The van der Waals surface area contributed by atoms with Gasteiger partial charge in [0.1, 0.15) is 18.1 Å². The van der Waals surface area contributed by atoms with Crippen LogP contribution in [0.4, 0.5) is 8.78 Å². The summed E-state index contributed by atoms with van der Waals surface area (Å²) in [6.45, 7) is 4.58. The predicted octanol–water partition coefficient (Wildman–Crippen LogP) is 14.0. The Morgan fingerprint density at radius 2 is 0.761 bits per heavy atom. The molecule has 3 heteroatoms. The lowest BCUT2D eigenvalue weighted by Gasteiger charge is -2.34. The van der Waals surface area contributed by atoms with Gasteiger partial charge in [-0.05, 0) is 98.7 Å². The molecule has 0 aromatic heterocycles. The third-order valence-electron chi connectivity index (χ3n) is 13.9. The van der Waals surface area contributed by atoms with Gasteiger partial charge in [0.25, 0.3) is 0 Å². The lowest BCUT2D eigenvalue weighted by atomic mass is 9.73. The van der Waals surface area contributed by atoms with Gasteiger partial charge in [0.2, 0.25) is 0 Å². The van der Waals surface area contributed by atoms with Crippen LogP contribution in [0.15, 0.2) is 0 Å². The van der Waals surface area contributed by atoms with E-state index >= 15 is 8.78 Å². The lowest BCUT2D eigenvalue weighted by molar-refractivity contribution is -0.119. The summed E-state index contributed by atoms with van der Waals surface area (Å²) in [5.74, 6) is 5.72. The quantitative estimate of drug-likeness (QED) is 0.120. The molecule has 46 heavy (non-hydrogen) atoms. The molecule has 0 spiro atoms. The number of Topliss-reactive ketones (excluding diaryl/α,β-unsaturated/α-hetero) is 1. The van der Waals surface area contributed by atoms with E-state index in [0.29, 0.717) is 29.5 Å². The number of unbranched alkanes of at least 4 members (excludes halogenated alkanes) is 2. The number of hydrogen-bond donors (Lipinski definition) is 0. The van der Waals surface area contributed by atoms with Crippen LogP contribution < -0.4 is 0 Å². The van der Waals surface area contributed by atoms with Crippen LogP contribution in [0, 0.1) is 47.3 Å². The summed E-state index contributed by atoms with van der Waals surface area (Å²) in [4.78, 5) is 12.5. The van der Waals surface area contributed by atoms with Gasteiger partial charge in [-0.2, -0.15) is 0 Å². The van der Waals surface area contributed by atoms with E-state index in [9.17, 15) is 4.79 Å². The number of carbonyl (C=O) groups is 1. The molecule has 0 aromatic rings. The van der Waals surface area contributed by atoms with Crippen LogP contribution in [0.1, 0.15) is 206 Å². The van der Waals surface area contributed by atoms with Crippen molar-refractivity contribution in [1.82, 2.24) is 0 Å². The zero-order valence-corrected chi connectivity index (χ0v) is 30.7. The summed E-state index contributed by atoms with van der Waals surface area (Å²) in [5.41, 5.74) is 0. The minimum atomic E-state index is -0.571. The van der Waals surface area contributed by atoms with Crippen molar-refractivity contribution in [3.63, 3.8) is 0 Å². The minimum Gasteiger partial charge on any atom is -0.300 e. The summed E-state index contributed by atoms with van der Waals surface area (Å²) in [6.07, 6.45) is 33.8. The summed E-state index contributed by atoms with van der Waals surface area (Å²) in [7, 11) is 0. The molecule has 4 rings (SSSR count). The second-order valence-electron chi connectivity index (χ2n) is 17.4. The van der Waals surface area contributed by atoms with Gasteiger partial charge in [-0.1, -0.05) is 142 Å². The first-order valence-electron chi connectivity index (χ1n) is 21.2. The summed E-state index contributed by atoms with van der Waals surface area (Å²) in [6, 6.07) is 0. The molecule has 0 aliphatic heterocycles. The summed E-state index contributed by atoms with van der Waals surface area (Å²) in [5, 5.41) is 0. The number of carbonyl (C=O) groups excluding carboxylic acids is 1. The van der Waals surface area contributed by atoms with E-state index in [1.807, 2.05) is 0 Å². The van der Waals surface area contributed by atoms with Crippen molar-refractivity contribution in [1.29, 1.82) is 0 Å². The minimum absolute atomic E-state index is 0.312. The van der Waals surface area contributed by atoms with E-state index in [-0.39, 0.29) is 0 Å². The monoisotopic (exact) mass is 647 g/mol. The number of hydrogen-bond acceptors (Lipinski definition) is 1. The fourth-order valence-corrected chi connectivity index (χ4v) is 10.7. The van der Waals surface area contributed by atoms with E-state index < -0.39 is 12.3 Å². The first kappa shape index (κ1) is 38.3. The molecule has 4 fully saturated rings. The van der Waals surface area contributed by atoms with E-state index in [2.05, 4.69) is 13.8 Å². The Morgan fingerprint density at radius 1 is 0.457 bits per heavy atom. The smallest absolute Gasteiger partial charge is 0.132 e. The second-order valence-corrected chi connectivity index (χ2v) is 17.4. The highest BCUT2D eigenvalue weighted by atomic mass is 19.1. The maximum Gasteiger partial charge on any atom is 0.132 e. The van der Waals surface area contributed by atoms with Crippen molar-refractivity contribution in [2.75, 3.05) is 0 Å². The standard InChI is InChI=1S/C43H76F2O/c1-3-9-33-15-19-37(20-16-33)31-42(44)39-27-23-35(24-28-39)11-5-7-13-41(46)14-8-6-12-36-25-29-40(30-26-36)43(45)32-38-21-17-34(10-4-2)18-22-38/h33-40,42-43H,3-32H2,1-2H3. The average molecular weight is 647 g/mol. The normalized spacial score (nSPS) is 33.8. The van der Waals surface area contributed by atoms with Crippen LogP contribution in [0.2, 0.25) is 0 Å². The van der Waals surface area contributed by atoms with E-state index in [4.69, 9.17) is 0 Å². The Hall–Kier alpha value is -0.470. The Morgan fingerprint density at radius 3 is 1.11 bits per heavy atom. The van der Waals surface area contributed by atoms with Crippen LogP contribution in [-0.4, -0.2) is 18.1 Å². The van der Waals surface area contributed by atoms with Gasteiger partial charge < -0.3 is 0 Å². The van der Waals surface area contributed by atoms with Crippen molar-refractivity contribution in [3.05, 3.63) is 0 Å². The number of halogens is 2. The van der Waals surface area contributed by atoms with Crippen LogP contribution >= 0.6 is 0 Å². The number of rotatable bonds is 20. The molecule has 2 atom stereocenters. The van der Waals surface area contributed by atoms with Crippen molar-refractivity contribution in [2.45, 2.75) is 219 Å². The number of alkyl halides is 2. The van der Waals surface area contributed by atoms with Crippen LogP contribution in [0.3, 0.4) is 0 Å². The number of ketones is 1. The highest BCUT2D eigenvalue weighted by Crippen LogP contribution is 2.41. The molecule has 0 saturated heterocycles. The van der Waals surface area contributed by atoms with Gasteiger partial charge in [-0.15, -0.1) is 0 Å². The molecule has 0 radical (unpaired) electrons.